The number of nitrogens with zero attached hydrogens (tertiary/aromatic N) is 4. The van der Waals surface area contributed by atoms with Crippen LogP contribution in [0.25, 0.3) is 16.7 Å². The average molecular weight is 374 g/mol. The molecule has 1 aromatic carbocycles. The van der Waals surface area contributed by atoms with Crippen LogP contribution < -0.4 is 10.3 Å². The standard InChI is InChI=1S/C17H18N4O6/c1-26-10-4-2-9(3-5-10)20-8-18-15-11(16(20)25)6-19-21(15)17-14(24)13(23)12(7-22)27-17/h2-6,8,12-14,17,22-24H,7H2,1H3/t12-,13+,14+,17+/m0/s1. The minimum absolute atomic E-state index is 0.208. The van der Waals surface area contributed by atoms with Gasteiger partial charge < -0.3 is 24.8 Å². The van der Waals surface area contributed by atoms with E-state index >= 15 is 0 Å². The summed E-state index contributed by atoms with van der Waals surface area (Å²) in [5.74, 6) is 0.665. The van der Waals surface area contributed by atoms with Crippen LogP contribution in [0.2, 0.25) is 0 Å². The average Bonchev–Trinajstić information content (AvgIpc) is 3.24. The van der Waals surface area contributed by atoms with Gasteiger partial charge in [-0.1, -0.05) is 0 Å². The summed E-state index contributed by atoms with van der Waals surface area (Å²) in [7, 11) is 1.56. The van der Waals surface area contributed by atoms with E-state index in [1.54, 1.807) is 31.4 Å². The van der Waals surface area contributed by atoms with Gasteiger partial charge >= 0.3 is 0 Å². The van der Waals surface area contributed by atoms with Crippen molar-refractivity contribution in [2.45, 2.75) is 24.5 Å². The number of fused-ring (bicyclic) bond motifs is 1. The highest BCUT2D eigenvalue weighted by molar-refractivity contribution is 5.73. The van der Waals surface area contributed by atoms with E-state index in [9.17, 15) is 20.1 Å². The highest BCUT2D eigenvalue weighted by Gasteiger charge is 2.44. The molecular weight excluding hydrogens is 356 g/mol. The van der Waals surface area contributed by atoms with Crippen LogP contribution in [-0.4, -0.2) is 66.7 Å². The molecule has 3 N–H and O–H groups in total. The van der Waals surface area contributed by atoms with Crippen LogP contribution in [0.15, 0.2) is 41.6 Å². The lowest BCUT2D eigenvalue weighted by Gasteiger charge is -2.15. The van der Waals surface area contributed by atoms with Gasteiger partial charge in [-0.15, -0.1) is 0 Å². The van der Waals surface area contributed by atoms with Crippen molar-refractivity contribution in [3.8, 4) is 11.4 Å². The Labute approximate surface area is 152 Å². The molecule has 0 unspecified atom stereocenters. The number of hydrogen-bond donors (Lipinski definition) is 3. The van der Waals surface area contributed by atoms with Crippen LogP contribution in [0, 0.1) is 0 Å². The topological polar surface area (TPSA) is 132 Å². The minimum atomic E-state index is -1.31. The van der Waals surface area contributed by atoms with Gasteiger partial charge in [0.2, 0.25) is 0 Å². The first-order valence-electron chi connectivity index (χ1n) is 8.27. The van der Waals surface area contributed by atoms with Crippen molar-refractivity contribution in [2.75, 3.05) is 13.7 Å². The maximum absolute atomic E-state index is 12.8. The molecule has 0 bridgehead atoms. The van der Waals surface area contributed by atoms with Gasteiger partial charge in [0.05, 0.1) is 25.6 Å². The van der Waals surface area contributed by atoms with Gasteiger partial charge in [0.15, 0.2) is 11.9 Å². The van der Waals surface area contributed by atoms with Gasteiger partial charge in [-0.2, -0.15) is 5.10 Å². The van der Waals surface area contributed by atoms with Crippen molar-refractivity contribution in [3.05, 3.63) is 47.1 Å². The second-order valence-electron chi connectivity index (χ2n) is 6.17. The number of rotatable bonds is 4. The monoisotopic (exact) mass is 374 g/mol. The third-order valence-electron chi connectivity index (χ3n) is 4.62. The number of aromatic nitrogens is 4. The molecule has 3 heterocycles. The van der Waals surface area contributed by atoms with E-state index in [1.807, 2.05) is 0 Å². The SMILES string of the molecule is COc1ccc(-n2cnc3c(cnn3[C@@H]3O[C@@H](CO)[C@@H](O)[C@H]3O)c2=O)cc1. The molecule has 1 aliphatic rings. The van der Waals surface area contributed by atoms with E-state index in [0.717, 1.165) is 0 Å². The van der Waals surface area contributed by atoms with E-state index in [4.69, 9.17) is 9.47 Å². The number of aliphatic hydroxyl groups excluding tert-OH is 3. The second-order valence-corrected chi connectivity index (χ2v) is 6.17. The Hall–Kier alpha value is -2.79. The predicted octanol–water partition coefficient (Wildman–Crippen LogP) is -0.798. The summed E-state index contributed by atoms with van der Waals surface area (Å²) in [6.45, 7) is -0.453. The Morgan fingerprint density at radius 3 is 2.59 bits per heavy atom. The molecule has 4 rings (SSSR count). The van der Waals surface area contributed by atoms with Gasteiger partial charge in [0, 0.05) is 0 Å². The highest BCUT2D eigenvalue weighted by Crippen LogP contribution is 2.30. The maximum atomic E-state index is 12.8. The van der Waals surface area contributed by atoms with E-state index in [1.165, 1.54) is 21.8 Å². The summed E-state index contributed by atoms with van der Waals surface area (Å²) in [4.78, 5) is 17.1. The van der Waals surface area contributed by atoms with Gasteiger partial charge in [0.1, 0.15) is 35.8 Å². The molecule has 0 radical (unpaired) electrons. The van der Waals surface area contributed by atoms with Crippen LogP contribution in [0.1, 0.15) is 6.23 Å². The Bertz CT molecular complexity index is 1010. The number of hydrogen-bond acceptors (Lipinski definition) is 8. The molecule has 0 aliphatic carbocycles. The Morgan fingerprint density at radius 1 is 1.22 bits per heavy atom. The van der Waals surface area contributed by atoms with Crippen LogP contribution >= 0.6 is 0 Å². The Kier molecular flexibility index (Phi) is 4.40. The lowest BCUT2D eigenvalue weighted by molar-refractivity contribution is -0.0566. The number of aliphatic hydroxyl groups is 3. The van der Waals surface area contributed by atoms with Gasteiger partial charge in [-0.3, -0.25) is 9.36 Å². The predicted molar refractivity (Wildman–Crippen MR) is 92.7 cm³/mol. The first-order chi connectivity index (χ1) is 13.0. The first-order valence-corrected chi connectivity index (χ1v) is 8.27. The Morgan fingerprint density at radius 2 is 1.96 bits per heavy atom. The summed E-state index contributed by atoms with van der Waals surface area (Å²) >= 11 is 0. The second kappa shape index (κ2) is 6.74. The summed E-state index contributed by atoms with van der Waals surface area (Å²) in [6.07, 6.45) is -1.89. The molecule has 1 aliphatic heterocycles. The van der Waals surface area contributed by atoms with Crippen molar-refractivity contribution in [2.24, 2.45) is 0 Å². The van der Waals surface area contributed by atoms with Crippen molar-refractivity contribution in [1.82, 2.24) is 19.3 Å². The summed E-state index contributed by atoms with van der Waals surface area (Å²) < 4.78 is 13.2. The molecule has 10 heteroatoms. The third kappa shape index (κ3) is 2.79. The molecule has 0 spiro atoms. The van der Waals surface area contributed by atoms with Gasteiger partial charge in [0.25, 0.3) is 5.56 Å². The van der Waals surface area contributed by atoms with Crippen LogP contribution in [0.4, 0.5) is 0 Å². The highest BCUT2D eigenvalue weighted by atomic mass is 16.6. The smallest absolute Gasteiger partial charge is 0.269 e. The Balaban J connectivity index is 1.75. The zero-order chi connectivity index (χ0) is 19.1. The van der Waals surface area contributed by atoms with Crippen LogP contribution in [0.3, 0.4) is 0 Å². The molecule has 2 aromatic heterocycles. The fourth-order valence-corrected chi connectivity index (χ4v) is 3.12. The van der Waals surface area contributed by atoms with Crippen LogP contribution in [-0.2, 0) is 4.74 Å². The van der Waals surface area contributed by atoms with Crippen molar-refractivity contribution in [1.29, 1.82) is 0 Å². The van der Waals surface area contributed by atoms with Gasteiger partial charge in [-0.05, 0) is 24.3 Å². The van der Waals surface area contributed by atoms with Crippen molar-refractivity contribution < 1.29 is 24.8 Å². The zero-order valence-corrected chi connectivity index (χ0v) is 14.3. The largest absolute Gasteiger partial charge is 0.497 e. The molecule has 27 heavy (non-hydrogen) atoms. The van der Waals surface area contributed by atoms with E-state index in [0.29, 0.717) is 11.4 Å². The molecule has 0 amide bonds. The summed E-state index contributed by atoms with van der Waals surface area (Å²) in [5.41, 5.74) is 0.471. The summed E-state index contributed by atoms with van der Waals surface area (Å²) in [5, 5.41) is 33.6. The maximum Gasteiger partial charge on any atom is 0.269 e. The lowest BCUT2D eigenvalue weighted by atomic mass is 10.1. The number of methoxy groups -OCH3 is 1. The summed E-state index contributed by atoms with van der Waals surface area (Å²) in [6, 6.07) is 6.91. The molecule has 0 saturated carbocycles. The molecule has 1 fully saturated rings. The van der Waals surface area contributed by atoms with Crippen molar-refractivity contribution in [3.63, 3.8) is 0 Å². The quantitative estimate of drug-likeness (QED) is 0.541. The van der Waals surface area contributed by atoms with Crippen molar-refractivity contribution >= 4 is 11.0 Å². The fourth-order valence-electron chi connectivity index (χ4n) is 3.12. The normalized spacial score (nSPS) is 25.2. The number of benzene rings is 1. The van der Waals surface area contributed by atoms with Crippen LogP contribution in [0.5, 0.6) is 5.75 Å². The zero-order valence-electron chi connectivity index (χ0n) is 14.3. The van der Waals surface area contributed by atoms with Gasteiger partial charge in [-0.25, -0.2) is 9.67 Å². The molecule has 4 atom stereocenters. The van der Waals surface area contributed by atoms with E-state index < -0.39 is 31.1 Å². The lowest BCUT2D eigenvalue weighted by Crippen LogP contribution is -2.33. The first kappa shape index (κ1) is 17.6. The molecular formula is C17H18N4O6. The molecule has 10 nitrogen and oxygen atoms in total. The third-order valence-corrected chi connectivity index (χ3v) is 4.62. The van der Waals surface area contributed by atoms with E-state index in [2.05, 4.69) is 10.1 Å². The van der Waals surface area contributed by atoms with E-state index in [-0.39, 0.29) is 16.6 Å². The minimum Gasteiger partial charge on any atom is -0.497 e. The molecule has 142 valence electrons. The molecule has 1 saturated heterocycles. The molecule has 3 aromatic rings. The fraction of sp³-hybridized carbons (Fsp3) is 0.353. The number of ether oxygens (including phenoxy) is 2.